The van der Waals surface area contributed by atoms with Crippen molar-refractivity contribution in [1.29, 1.82) is 0 Å². The van der Waals surface area contributed by atoms with Crippen LogP contribution in [0.1, 0.15) is 72.0 Å². The van der Waals surface area contributed by atoms with Crippen molar-refractivity contribution < 1.29 is 41.3 Å². The van der Waals surface area contributed by atoms with Crippen LogP contribution in [0.4, 0.5) is 27.6 Å². The van der Waals surface area contributed by atoms with E-state index >= 15 is 0 Å². The Labute approximate surface area is 258 Å². The number of aliphatic hydroxyl groups is 1. The van der Waals surface area contributed by atoms with Crippen molar-refractivity contribution in [2.24, 2.45) is 5.92 Å². The lowest BCUT2D eigenvalue weighted by atomic mass is 9.89. The summed E-state index contributed by atoms with van der Waals surface area (Å²) in [5.74, 6) is -12.8. The number of aliphatic hydroxyl groups excluding tert-OH is 1. The number of nitrogens with zero attached hydrogens (tertiary/aromatic N) is 1. The first-order valence-corrected chi connectivity index (χ1v) is 14.9. The van der Waals surface area contributed by atoms with E-state index in [1.165, 1.54) is 12.1 Å². The van der Waals surface area contributed by atoms with Crippen LogP contribution in [0.25, 0.3) is 0 Å². The third-order valence-electron chi connectivity index (χ3n) is 8.60. The van der Waals surface area contributed by atoms with Crippen LogP contribution in [0.3, 0.4) is 0 Å². The van der Waals surface area contributed by atoms with E-state index in [4.69, 9.17) is 9.47 Å². The number of amides is 1. The molecule has 0 aromatic heterocycles. The quantitative estimate of drug-likeness (QED) is 0.106. The standard InChI is InChI=1S/C34H35F5N2O4/c1-3-15-41(24-9-4-5-10-24)17-25-19(2)32(21-13-11-20(18-42)12-14-21)45-34(44-25)22-7-6-8-23(16-22)40-33(43)26-27(35)29(37)31(39)30(38)28(26)36/h3,6-8,11-14,16,19,24-25,32,34,42H,1,4-5,9-10,15,17-18H2,2H3,(H,40,43). The molecule has 1 saturated heterocycles. The van der Waals surface area contributed by atoms with Gasteiger partial charge in [-0.1, -0.05) is 62.2 Å². The monoisotopic (exact) mass is 630 g/mol. The Bertz CT molecular complexity index is 1500. The van der Waals surface area contributed by atoms with Crippen molar-refractivity contribution in [3.8, 4) is 0 Å². The summed E-state index contributed by atoms with van der Waals surface area (Å²) in [5.41, 5.74) is 0.547. The molecular weight excluding hydrogens is 595 g/mol. The van der Waals surface area contributed by atoms with Gasteiger partial charge in [0.25, 0.3) is 5.91 Å². The zero-order chi connectivity index (χ0) is 32.2. The van der Waals surface area contributed by atoms with Gasteiger partial charge in [0.2, 0.25) is 5.82 Å². The average molecular weight is 631 g/mol. The molecule has 3 aromatic carbocycles. The van der Waals surface area contributed by atoms with E-state index in [9.17, 15) is 31.9 Å². The van der Waals surface area contributed by atoms with Crippen LogP contribution in [0.2, 0.25) is 0 Å². The molecule has 0 bridgehead atoms. The molecule has 11 heteroatoms. The molecule has 6 nitrogen and oxygen atoms in total. The Morgan fingerprint density at radius 3 is 2.22 bits per heavy atom. The predicted octanol–water partition coefficient (Wildman–Crippen LogP) is 7.35. The first-order chi connectivity index (χ1) is 21.6. The second-order valence-corrected chi connectivity index (χ2v) is 11.5. The minimum absolute atomic E-state index is 0.0342. The van der Waals surface area contributed by atoms with E-state index in [2.05, 4.69) is 16.8 Å². The average Bonchev–Trinajstić information content (AvgIpc) is 3.59. The molecule has 1 saturated carbocycles. The fraction of sp³-hybridized carbons (Fsp3) is 0.382. The summed E-state index contributed by atoms with van der Waals surface area (Å²) in [4.78, 5) is 15.1. The fourth-order valence-corrected chi connectivity index (χ4v) is 6.13. The van der Waals surface area contributed by atoms with Gasteiger partial charge in [-0.15, -0.1) is 6.58 Å². The molecule has 240 valence electrons. The van der Waals surface area contributed by atoms with Crippen molar-refractivity contribution in [2.75, 3.05) is 18.4 Å². The van der Waals surface area contributed by atoms with Crippen molar-refractivity contribution in [3.63, 3.8) is 0 Å². The smallest absolute Gasteiger partial charge is 0.261 e. The highest BCUT2D eigenvalue weighted by Gasteiger charge is 2.40. The van der Waals surface area contributed by atoms with Gasteiger partial charge in [-0.05, 0) is 36.1 Å². The van der Waals surface area contributed by atoms with Crippen LogP contribution in [0.5, 0.6) is 0 Å². The van der Waals surface area contributed by atoms with E-state index in [-0.39, 0.29) is 24.3 Å². The highest BCUT2D eigenvalue weighted by atomic mass is 19.2. The maximum Gasteiger partial charge on any atom is 0.261 e. The lowest BCUT2D eigenvalue weighted by molar-refractivity contribution is -0.276. The van der Waals surface area contributed by atoms with Gasteiger partial charge >= 0.3 is 0 Å². The largest absolute Gasteiger partial charge is 0.392 e. The number of ether oxygens (including phenoxy) is 2. The summed E-state index contributed by atoms with van der Waals surface area (Å²) < 4.78 is 82.5. The molecule has 1 aliphatic carbocycles. The molecule has 4 atom stereocenters. The Morgan fingerprint density at radius 1 is 0.956 bits per heavy atom. The normalized spacial score (nSPS) is 22.1. The van der Waals surface area contributed by atoms with Crippen molar-refractivity contribution in [2.45, 2.75) is 63.8 Å². The Kier molecular flexibility index (Phi) is 10.3. The zero-order valence-electron chi connectivity index (χ0n) is 24.7. The van der Waals surface area contributed by atoms with E-state index in [0.29, 0.717) is 24.7 Å². The van der Waals surface area contributed by atoms with Gasteiger partial charge in [0.1, 0.15) is 5.56 Å². The second-order valence-electron chi connectivity index (χ2n) is 11.5. The Hall–Kier alpha value is -3.64. The number of benzene rings is 3. The summed E-state index contributed by atoms with van der Waals surface area (Å²) in [5, 5.41) is 11.7. The van der Waals surface area contributed by atoms with E-state index in [0.717, 1.165) is 36.8 Å². The van der Waals surface area contributed by atoms with Crippen LogP contribution in [-0.2, 0) is 16.1 Å². The topological polar surface area (TPSA) is 71.0 Å². The minimum Gasteiger partial charge on any atom is -0.392 e. The van der Waals surface area contributed by atoms with E-state index < -0.39 is 53.0 Å². The summed E-state index contributed by atoms with van der Waals surface area (Å²) >= 11 is 0. The lowest BCUT2D eigenvalue weighted by Gasteiger charge is -2.43. The van der Waals surface area contributed by atoms with Gasteiger partial charge < -0.3 is 19.9 Å². The van der Waals surface area contributed by atoms with Gasteiger partial charge in [-0.25, -0.2) is 22.0 Å². The molecule has 1 amide bonds. The van der Waals surface area contributed by atoms with Crippen LogP contribution in [-0.4, -0.2) is 41.1 Å². The molecule has 0 radical (unpaired) electrons. The minimum atomic E-state index is -2.35. The van der Waals surface area contributed by atoms with Crippen molar-refractivity contribution in [1.82, 2.24) is 4.90 Å². The zero-order valence-corrected chi connectivity index (χ0v) is 24.7. The highest BCUT2D eigenvalue weighted by molar-refractivity contribution is 6.04. The van der Waals surface area contributed by atoms with Gasteiger partial charge in [-0.3, -0.25) is 9.69 Å². The third-order valence-corrected chi connectivity index (χ3v) is 8.60. The molecule has 1 aliphatic heterocycles. The number of anilines is 1. The van der Waals surface area contributed by atoms with E-state index in [1.54, 1.807) is 12.1 Å². The SMILES string of the molecule is C=CCN(CC1OC(c2cccc(NC(=O)c3c(F)c(F)c(F)c(F)c3F)c2)OC(c2ccc(CO)cc2)C1C)C1CCCC1. The molecule has 5 rings (SSSR count). The summed E-state index contributed by atoms with van der Waals surface area (Å²) in [7, 11) is 0. The van der Waals surface area contributed by atoms with Crippen LogP contribution in [0, 0.1) is 35.0 Å². The number of nitrogens with one attached hydrogen (secondary N) is 1. The molecule has 2 fully saturated rings. The van der Waals surface area contributed by atoms with Gasteiger partial charge in [0.05, 0.1) is 18.8 Å². The second kappa shape index (κ2) is 14.2. The Morgan fingerprint density at radius 2 is 1.60 bits per heavy atom. The molecule has 3 aromatic rings. The first kappa shape index (κ1) is 32.7. The number of hydrogen-bond acceptors (Lipinski definition) is 5. The summed E-state index contributed by atoms with van der Waals surface area (Å²) in [6.45, 7) is 7.19. The van der Waals surface area contributed by atoms with Crippen LogP contribution in [0.15, 0.2) is 61.2 Å². The molecule has 1 heterocycles. The maximum atomic E-state index is 14.3. The predicted molar refractivity (Wildman–Crippen MR) is 158 cm³/mol. The van der Waals surface area contributed by atoms with Gasteiger partial charge in [0.15, 0.2) is 29.6 Å². The van der Waals surface area contributed by atoms with Crippen molar-refractivity contribution in [3.05, 3.63) is 113 Å². The summed E-state index contributed by atoms with van der Waals surface area (Å²) in [6.07, 6.45) is 4.75. The van der Waals surface area contributed by atoms with Gasteiger partial charge in [-0.2, -0.15) is 0 Å². The molecule has 2 aliphatic rings. The van der Waals surface area contributed by atoms with Crippen LogP contribution < -0.4 is 5.32 Å². The van der Waals surface area contributed by atoms with E-state index in [1.807, 2.05) is 37.3 Å². The van der Waals surface area contributed by atoms with Crippen LogP contribution >= 0.6 is 0 Å². The fourth-order valence-electron chi connectivity index (χ4n) is 6.13. The molecular formula is C34H35F5N2O4. The number of carbonyl (C=O) groups is 1. The molecule has 0 spiro atoms. The number of carbonyl (C=O) groups excluding carboxylic acids is 1. The summed E-state index contributed by atoms with van der Waals surface area (Å²) in [6, 6.07) is 14.0. The lowest BCUT2D eigenvalue weighted by Crippen LogP contribution is -2.47. The maximum absolute atomic E-state index is 14.3. The Balaban J connectivity index is 1.43. The molecule has 2 N–H and O–H groups in total. The number of halogens is 5. The molecule has 4 unspecified atom stereocenters. The highest BCUT2D eigenvalue weighted by Crippen LogP contribution is 2.42. The van der Waals surface area contributed by atoms with Crippen molar-refractivity contribution >= 4 is 11.6 Å². The number of rotatable bonds is 10. The molecule has 45 heavy (non-hydrogen) atoms. The third kappa shape index (κ3) is 6.96. The number of hydrogen-bond donors (Lipinski definition) is 2. The van der Waals surface area contributed by atoms with Gasteiger partial charge in [0, 0.05) is 36.3 Å². The first-order valence-electron chi connectivity index (χ1n) is 14.9.